The lowest BCUT2D eigenvalue weighted by molar-refractivity contribution is -0.139. The molecule has 1 aliphatic rings. The first-order valence-electron chi connectivity index (χ1n) is 21.7. The topological polar surface area (TPSA) is 406 Å². The van der Waals surface area contributed by atoms with Crippen molar-refractivity contribution in [3.05, 3.63) is 29.8 Å². The van der Waals surface area contributed by atoms with E-state index in [1.165, 1.54) is 43.0 Å². The molecule has 1 heterocycles. The molecule has 8 amide bonds. The summed E-state index contributed by atoms with van der Waals surface area (Å²) in [5.74, 6) is -8.53. The van der Waals surface area contributed by atoms with Crippen molar-refractivity contribution in [3.63, 3.8) is 0 Å². The number of phenolic OH excluding ortho intramolecular Hbond substituents is 1. The molecule has 0 spiro atoms. The normalized spacial score (nSPS) is 17.2. The van der Waals surface area contributed by atoms with Crippen LogP contribution >= 0.6 is 0 Å². The van der Waals surface area contributed by atoms with Crippen LogP contribution in [0.2, 0.25) is 0 Å². The second kappa shape index (κ2) is 26.4. The Morgan fingerprint density at radius 3 is 1.91 bits per heavy atom. The number of aliphatic carboxylic acids is 1. The van der Waals surface area contributed by atoms with Crippen LogP contribution in [0.1, 0.15) is 85.6 Å². The number of aliphatic hydroxyl groups is 1. The van der Waals surface area contributed by atoms with Gasteiger partial charge in [-0.2, -0.15) is 0 Å². The molecule has 9 atom stereocenters. The fourth-order valence-electron chi connectivity index (χ4n) is 6.88. The number of phenols is 1. The smallest absolute Gasteiger partial charge is 0.303 e. The van der Waals surface area contributed by atoms with Gasteiger partial charge in [-0.3, -0.25) is 48.1 Å². The summed E-state index contributed by atoms with van der Waals surface area (Å²) in [6.45, 7) is 9.46. The first-order chi connectivity index (χ1) is 30.8. The Labute approximate surface area is 383 Å². The highest BCUT2D eigenvalue weighted by Crippen LogP contribution is 2.21. The Kier molecular flexibility index (Phi) is 22.2. The van der Waals surface area contributed by atoms with E-state index in [1.807, 2.05) is 13.8 Å². The zero-order chi connectivity index (χ0) is 50.0. The summed E-state index contributed by atoms with van der Waals surface area (Å²) >= 11 is 0. The van der Waals surface area contributed by atoms with E-state index in [0.717, 1.165) is 0 Å². The van der Waals surface area contributed by atoms with Gasteiger partial charge in [0.25, 0.3) is 0 Å². The number of aromatic hydroxyl groups is 1. The molecule has 1 fully saturated rings. The number of nitrogens with one attached hydrogen (secondary N) is 6. The number of carboxylic acids is 1. The minimum atomic E-state index is -1.70. The summed E-state index contributed by atoms with van der Waals surface area (Å²) in [5.41, 5.74) is 22.6. The van der Waals surface area contributed by atoms with Gasteiger partial charge in [0.2, 0.25) is 47.3 Å². The number of primary amides is 1. The van der Waals surface area contributed by atoms with Crippen LogP contribution in [0.3, 0.4) is 0 Å². The molecule has 1 aromatic rings. The SMILES string of the molecule is CC(C)C[C@H](C(=O)N[C@H](C)C(N)=O)N1C[C@@H](NC(=O)[C@@H](CCC(=O)O)NC(=O)[C@H](NC(=O)[C@H](NC(=O)[C@@H](Cc2ccc(O)cc2)NC(=O)[C@H](N)CCCN=C(N)N)[C@@H](C)O)C(C)C)CC1=O. The van der Waals surface area contributed by atoms with Gasteiger partial charge in [-0.1, -0.05) is 39.8 Å². The highest BCUT2D eigenvalue weighted by atomic mass is 16.4. The maximum atomic E-state index is 13.8. The number of benzene rings is 1. The molecule has 24 heteroatoms. The minimum Gasteiger partial charge on any atom is -0.508 e. The van der Waals surface area contributed by atoms with E-state index in [0.29, 0.717) is 12.0 Å². The maximum Gasteiger partial charge on any atom is 0.303 e. The van der Waals surface area contributed by atoms with Crippen molar-refractivity contribution in [2.75, 3.05) is 13.1 Å². The molecule has 0 aliphatic carbocycles. The second-order valence-electron chi connectivity index (χ2n) is 17.2. The number of carbonyl (C=O) groups is 9. The molecule has 24 nitrogen and oxygen atoms in total. The van der Waals surface area contributed by atoms with Crippen LogP contribution in [-0.4, -0.2) is 147 Å². The van der Waals surface area contributed by atoms with Crippen molar-refractivity contribution in [1.82, 2.24) is 36.8 Å². The number of guanidine groups is 1. The van der Waals surface area contributed by atoms with Crippen LogP contribution in [0.25, 0.3) is 0 Å². The third-order valence-electron chi connectivity index (χ3n) is 10.6. The average molecular weight is 933 g/mol. The van der Waals surface area contributed by atoms with E-state index in [-0.39, 0.29) is 56.4 Å². The van der Waals surface area contributed by atoms with Crippen molar-refractivity contribution in [3.8, 4) is 5.75 Å². The lowest BCUT2D eigenvalue weighted by Gasteiger charge is -2.30. The highest BCUT2D eigenvalue weighted by molar-refractivity contribution is 5.97. The second-order valence-corrected chi connectivity index (χ2v) is 17.2. The molecule has 0 bridgehead atoms. The lowest BCUT2D eigenvalue weighted by Crippen LogP contribution is -2.62. The largest absolute Gasteiger partial charge is 0.508 e. The van der Waals surface area contributed by atoms with Gasteiger partial charge in [-0.05, 0) is 69.1 Å². The van der Waals surface area contributed by atoms with Crippen molar-refractivity contribution >= 4 is 59.2 Å². The van der Waals surface area contributed by atoms with Crippen LogP contribution in [0.15, 0.2) is 29.3 Å². The Balaban J connectivity index is 2.27. The predicted molar refractivity (Wildman–Crippen MR) is 239 cm³/mol. The quantitative estimate of drug-likeness (QED) is 0.0229. The van der Waals surface area contributed by atoms with Gasteiger partial charge in [0.15, 0.2) is 5.96 Å². The van der Waals surface area contributed by atoms with Crippen LogP contribution in [0.5, 0.6) is 5.75 Å². The standard InChI is InChI=1S/C42H68N12O12/c1-20(2)16-30(39(64)48-22(5)35(44)60)54-19-25(18-31(54)57)49-37(62)28(13-14-32(58)59)50-40(65)33(21(3)4)52-41(66)34(23(6)55)53-38(63)29(17-24-9-11-26(56)12-10-24)51-36(61)27(43)8-7-15-47-42(45)46/h9-12,20-23,25,27-30,33-34,55-56H,7-8,13-19,43H2,1-6H3,(H2,44,60)(H,48,64)(H,49,62)(H,50,65)(H,51,61)(H,52,66)(H,53,63)(H,58,59)(H4,45,46,47)/t22-,23-,25+,27-,28-,29-,30-,33-,34-/m1/s1. The molecule has 0 aromatic heterocycles. The number of carbonyl (C=O) groups excluding carboxylic acids is 8. The van der Waals surface area contributed by atoms with Crippen molar-refractivity contribution in [2.24, 2.45) is 39.8 Å². The summed E-state index contributed by atoms with van der Waals surface area (Å²) in [6.07, 6.45) is -2.20. The molecular formula is C42H68N12O12. The number of nitrogens with zero attached hydrogens (tertiary/aromatic N) is 2. The number of amides is 8. The van der Waals surface area contributed by atoms with Crippen LogP contribution in [0.4, 0.5) is 0 Å². The third-order valence-corrected chi connectivity index (χ3v) is 10.6. The van der Waals surface area contributed by atoms with Gasteiger partial charge in [-0.15, -0.1) is 0 Å². The molecule has 66 heavy (non-hydrogen) atoms. The summed E-state index contributed by atoms with van der Waals surface area (Å²) < 4.78 is 0. The van der Waals surface area contributed by atoms with Gasteiger partial charge in [0.1, 0.15) is 42.0 Å². The first kappa shape index (κ1) is 55.6. The molecule has 0 unspecified atom stereocenters. The Morgan fingerprint density at radius 1 is 0.773 bits per heavy atom. The zero-order valence-electron chi connectivity index (χ0n) is 38.2. The van der Waals surface area contributed by atoms with Crippen LogP contribution < -0.4 is 54.8 Å². The first-order valence-corrected chi connectivity index (χ1v) is 21.7. The average Bonchev–Trinajstić information content (AvgIpc) is 3.58. The fraction of sp³-hybridized carbons (Fsp3) is 0.619. The highest BCUT2D eigenvalue weighted by Gasteiger charge is 2.41. The number of nitrogens with two attached hydrogens (primary N) is 4. The van der Waals surface area contributed by atoms with Crippen LogP contribution in [0, 0.1) is 11.8 Å². The van der Waals surface area contributed by atoms with Crippen LogP contribution in [-0.2, 0) is 49.6 Å². The molecule has 1 aliphatic heterocycles. The Bertz CT molecular complexity index is 1910. The molecule has 2 rings (SSSR count). The summed E-state index contributed by atoms with van der Waals surface area (Å²) in [7, 11) is 0. The molecule has 368 valence electrons. The summed E-state index contributed by atoms with van der Waals surface area (Å²) in [5, 5.41) is 45.1. The molecule has 1 aromatic carbocycles. The van der Waals surface area contributed by atoms with Gasteiger partial charge >= 0.3 is 5.97 Å². The number of rotatable bonds is 27. The summed E-state index contributed by atoms with van der Waals surface area (Å²) in [4.78, 5) is 123. The monoisotopic (exact) mass is 933 g/mol. The molecule has 17 N–H and O–H groups in total. The van der Waals surface area contributed by atoms with E-state index < -0.39 is 126 Å². The van der Waals surface area contributed by atoms with Crippen molar-refractivity contribution in [1.29, 1.82) is 0 Å². The molecule has 0 saturated carbocycles. The van der Waals surface area contributed by atoms with E-state index in [2.05, 4.69) is 36.9 Å². The number of likely N-dealkylation sites (tertiary alicyclic amines) is 1. The third kappa shape index (κ3) is 18.5. The van der Waals surface area contributed by atoms with Crippen molar-refractivity contribution in [2.45, 2.75) is 141 Å². The van der Waals surface area contributed by atoms with E-state index >= 15 is 0 Å². The van der Waals surface area contributed by atoms with Gasteiger partial charge in [0.05, 0.1) is 18.2 Å². The number of hydrogen-bond donors (Lipinski definition) is 13. The van der Waals surface area contributed by atoms with E-state index in [9.17, 15) is 58.5 Å². The fourth-order valence-corrected chi connectivity index (χ4v) is 6.88. The molecule has 0 radical (unpaired) electrons. The number of aliphatic hydroxyl groups excluding tert-OH is 1. The predicted octanol–water partition coefficient (Wildman–Crippen LogP) is -3.72. The summed E-state index contributed by atoms with van der Waals surface area (Å²) in [6, 6.07) is -4.19. The maximum absolute atomic E-state index is 13.8. The molecular weight excluding hydrogens is 865 g/mol. The van der Waals surface area contributed by atoms with Gasteiger partial charge < -0.3 is 75.1 Å². The Morgan fingerprint density at radius 2 is 1.36 bits per heavy atom. The number of aliphatic imine (C=N–C) groups is 1. The minimum absolute atomic E-state index is 0.0558. The van der Waals surface area contributed by atoms with Gasteiger partial charge in [0, 0.05) is 32.4 Å². The van der Waals surface area contributed by atoms with E-state index in [4.69, 9.17) is 22.9 Å². The zero-order valence-corrected chi connectivity index (χ0v) is 38.2. The number of carboxylic acid groups (broad SMARTS) is 1. The number of hydrogen-bond acceptors (Lipinski definition) is 13. The van der Waals surface area contributed by atoms with Crippen molar-refractivity contribution < 1.29 is 58.5 Å². The van der Waals surface area contributed by atoms with E-state index in [1.54, 1.807) is 13.8 Å². The lowest BCUT2D eigenvalue weighted by atomic mass is 10.00. The van der Waals surface area contributed by atoms with Gasteiger partial charge in [-0.25, -0.2) is 0 Å². The molecule has 1 saturated heterocycles. The Hall–Kier alpha value is -6.56.